The smallest absolute Gasteiger partial charge is 0.253 e. The van der Waals surface area contributed by atoms with Gasteiger partial charge < -0.3 is 10.3 Å². The van der Waals surface area contributed by atoms with Gasteiger partial charge in [0.2, 0.25) is 0 Å². The van der Waals surface area contributed by atoms with Crippen molar-refractivity contribution in [1.29, 1.82) is 0 Å². The molecule has 0 aliphatic rings. The van der Waals surface area contributed by atoms with Crippen LogP contribution < -0.4 is 5.32 Å². The molecule has 0 spiro atoms. The lowest BCUT2D eigenvalue weighted by molar-refractivity contribution is 0.0939. The van der Waals surface area contributed by atoms with Gasteiger partial charge in [-0.2, -0.15) is 0 Å². The lowest BCUT2D eigenvalue weighted by Gasteiger charge is -2.15. The van der Waals surface area contributed by atoms with Gasteiger partial charge in [-0.05, 0) is 38.5 Å². The number of hydrogen-bond donors (Lipinski definition) is 2. The van der Waals surface area contributed by atoms with Crippen LogP contribution in [0.3, 0.4) is 0 Å². The molecule has 0 aliphatic heterocycles. The number of amides is 1. The average molecular weight is 321 g/mol. The van der Waals surface area contributed by atoms with Gasteiger partial charge in [-0.15, -0.1) is 0 Å². The maximum Gasteiger partial charge on any atom is 0.253 e. The van der Waals surface area contributed by atoms with Gasteiger partial charge in [-0.25, -0.2) is 0 Å². The van der Waals surface area contributed by atoms with Crippen LogP contribution >= 0.6 is 15.9 Å². The molecule has 0 saturated heterocycles. The predicted molar refractivity (Wildman–Crippen MR) is 80.3 cm³/mol. The summed E-state index contributed by atoms with van der Waals surface area (Å²) in [7, 11) is 0. The third kappa shape index (κ3) is 3.07. The molecule has 2 N–H and O–H groups in total. The summed E-state index contributed by atoms with van der Waals surface area (Å²) in [4.78, 5) is 15.4. The highest BCUT2D eigenvalue weighted by Gasteiger charge is 2.16. The Hall–Kier alpha value is -1.55. The first kappa shape index (κ1) is 13.9. The summed E-state index contributed by atoms with van der Waals surface area (Å²) in [6, 6.07) is 9.74. The predicted octanol–water partition coefficient (Wildman–Crippen LogP) is 3.89. The molecule has 0 radical (unpaired) electrons. The minimum Gasteiger partial charge on any atom is -0.362 e. The van der Waals surface area contributed by atoms with Gasteiger partial charge in [0.1, 0.15) is 0 Å². The number of nitrogens with one attached hydrogen (secondary N) is 2. The number of rotatable bonds is 3. The lowest BCUT2D eigenvalue weighted by Crippen LogP contribution is -2.27. The van der Waals surface area contributed by atoms with Crippen molar-refractivity contribution in [3.63, 3.8) is 0 Å². The Kier molecular flexibility index (Phi) is 4.10. The van der Waals surface area contributed by atoms with Crippen molar-refractivity contribution in [2.75, 3.05) is 0 Å². The Morgan fingerprint density at radius 1 is 1.32 bits per heavy atom. The standard InChI is InChI=1S/C15H17BrN2O/c1-9-8-13(11(3)17-9)15(19)18-10(2)12-6-4-5-7-14(12)16/h4-8,10,17H,1-3H3,(H,18,19)/t10-/m0/s1. The minimum atomic E-state index is -0.0508. The van der Waals surface area contributed by atoms with Crippen molar-refractivity contribution in [3.8, 4) is 0 Å². The van der Waals surface area contributed by atoms with Gasteiger partial charge >= 0.3 is 0 Å². The second-order valence-electron chi connectivity index (χ2n) is 4.71. The van der Waals surface area contributed by atoms with Crippen molar-refractivity contribution in [2.24, 2.45) is 0 Å². The molecule has 100 valence electrons. The van der Waals surface area contributed by atoms with Crippen molar-refractivity contribution in [3.05, 3.63) is 57.3 Å². The minimum absolute atomic E-state index is 0.0438. The first-order valence-electron chi connectivity index (χ1n) is 6.20. The molecule has 0 aliphatic carbocycles. The maximum absolute atomic E-state index is 12.2. The number of halogens is 1. The molecular formula is C15H17BrN2O. The first-order chi connectivity index (χ1) is 8.99. The molecule has 0 unspecified atom stereocenters. The highest BCUT2D eigenvalue weighted by Crippen LogP contribution is 2.23. The number of aryl methyl sites for hydroxylation is 2. The van der Waals surface area contributed by atoms with Gasteiger partial charge in [0.15, 0.2) is 0 Å². The zero-order valence-electron chi connectivity index (χ0n) is 11.3. The highest BCUT2D eigenvalue weighted by molar-refractivity contribution is 9.10. The van der Waals surface area contributed by atoms with Crippen LogP contribution in [0.5, 0.6) is 0 Å². The summed E-state index contributed by atoms with van der Waals surface area (Å²) < 4.78 is 1.00. The molecule has 1 heterocycles. The van der Waals surface area contributed by atoms with E-state index in [-0.39, 0.29) is 11.9 Å². The van der Waals surface area contributed by atoms with E-state index >= 15 is 0 Å². The van der Waals surface area contributed by atoms with Gasteiger partial charge in [-0.1, -0.05) is 34.1 Å². The first-order valence-corrected chi connectivity index (χ1v) is 7.00. The number of aromatic amines is 1. The fourth-order valence-electron chi connectivity index (χ4n) is 2.14. The Bertz CT molecular complexity index is 604. The summed E-state index contributed by atoms with van der Waals surface area (Å²) in [5.41, 5.74) is 3.67. The molecule has 0 fully saturated rings. The maximum atomic E-state index is 12.2. The van der Waals surface area contributed by atoms with Crippen molar-refractivity contribution >= 4 is 21.8 Å². The quantitative estimate of drug-likeness (QED) is 0.885. The third-order valence-electron chi connectivity index (χ3n) is 3.11. The monoisotopic (exact) mass is 320 g/mol. The van der Waals surface area contributed by atoms with Crippen molar-refractivity contribution < 1.29 is 4.79 Å². The fraction of sp³-hybridized carbons (Fsp3) is 0.267. The number of benzene rings is 1. The molecule has 3 nitrogen and oxygen atoms in total. The average Bonchev–Trinajstić information content (AvgIpc) is 2.69. The van der Waals surface area contributed by atoms with Crippen LogP contribution in [0.4, 0.5) is 0 Å². The fourth-order valence-corrected chi connectivity index (χ4v) is 2.77. The molecule has 0 bridgehead atoms. The van der Waals surface area contributed by atoms with Gasteiger partial charge in [0.25, 0.3) is 5.91 Å². The van der Waals surface area contributed by atoms with Crippen LogP contribution in [0.15, 0.2) is 34.8 Å². The summed E-state index contributed by atoms with van der Waals surface area (Å²) in [6.45, 7) is 5.83. The molecular weight excluding hydrogens is 304 g/mol. The van der Waals surface area contributed by atoms with Crippen LogP contribution in [0.1, 0.15) is 40.3 Å². The zero-order chi connectivity index (χ0) is 14.0. The molecule has 2 aromatic rings. The summed E-state index contributed by atoms with van der Waals surface area (Å²) >= 11 is 3.50. The van der Waals surface area contributed by atoms with Crippen LogP contribution in [0, 0.1) is 13.8 Å². The highest BCUT2D eigenvalue weighted by atomic mass is 79.9. The third-order valence-corrected chi connectivity index (χ3v) is 3.84. The molecule has 1 amide bonds. The molecule has 1 aromatic heterocycles. The van der Waals surface area contributed by atoms with Gasteiger partial charge in [0.05, 0.1) is 11.6 Å². The van der Waals surface area contributed by atoms with Gasteiger partial charge in [0, 0.05) is 15.9 Å². The number of H-pyrrole nitrogens is 1. The van der Waals surface area contributed by atoms with E-state index in [1.807, 2.05) is 51.1 Å². The van der Waals surface area contributed by atoms with Crippen LogP contribution in [-0.2, 0) is 0 Å². The Balaban J connectivity index is 2.15. The van der Waals surface area contributed by atoms with E-state index in [1.165, 1.54) is 0 Å². The molecule has 1 atom stereocenters. The molecule has 19 heavy (non-hydrogen) atoms. The molecule has 0 saturated carbocycles. The van der Waals surface area contributed by atoms with Crippen LogP contribution in [-0.4, -0.2) is 10.9 Å². The normalized spacial score (nSPS) is 12.2. The van der Waals surface area contributed by atoms with E-state index in [9.17, 15) is 4.79 Å². The van der Waals surface area contributed by atoms with Crippen molar-refractivity contribution in [1.82, 2.24) is 10.3 Å². The van der Waals surface area contributed by atoms with E-state index in [1.54, 1.807) is 0 Å². The lowest BCUT2D eigenvalue weighted by atomic mass is 10.1. The van der Waals surface area contributed by atoms with Gasteiger partial charge in [-0.3, -0.25) is 4.79 Å². The molecule has 4 heteroatoms. The zero-order valence-corrected chi connectivity index (χ0v) is 12.8. The topological polar surface area (TPSA) is 44.9 Å². The van der Waals surface area contributed by atoms with Crippen molar-refractivity contribution in [2.45, 2.75) is 26.8 Å². The van der Waals surface area contributed by atoms with E-state index < -0.39 is 0 Å². The van der Waals surface area contributed by atoms with E-state index in [0.29, 0.717) is 5.56 Å². The summed E-state index contributed by atoms with van der Waals surface area (Å²) in [5, 5.41) is 3.02. The summed E-state index contributed by atoms with van der Waals surface area (Å²) in [6.07, 6.45) is 0. The number of carbonyl (C=O) groups is 1. The summed E-state index contributed by atoms with van der Waals surface area (Å²) in [5.74, 6) is -0.0508. The number of hydrogen-bond acceptors (Lipinski definition) is 1. The SMILES string of the molecule is Cc1cc(C(=O)N[C@@H](C)c2ccccc2Br)c(C)[nH]1. The number of aromatic nitrogens is 1. The second-order valence-corrected chi connectivity index (χ2v) is 5.56. The molecule has 1 aromatic carbocycles. The van der Waals surface area contributed by atoms with Crippen LogP contribution in [0.25, 0.3) is 0 Å². The van der Waals surface area contributed by atoms with E-state index in [4.69, 9.17) is 0 Å². The Morgan fingerprint density at radius 2 is 2.00 bits per heavy atom. The Labute approximate surface area is 121 Å². The van der Waals surface area contributed by atoms with E-state index in [2.05, 4.69) is 26.2 Å². The van der Waals surface area contributed by atoms with E-state index in [0.717, 1.165) is 21.4 Å². The largest absolute Gasteiger partial charge is 0.362 e. The second kappa shape index (κ2) is 5.61. The number of carbonyl (C=O) groups excluding carboxylic acids is 1. The Morgan fingerprint density at radius 3 is 2.58 bits per heavy atom. The van der Waals surface area contributed by atoms with Crippen LogP contribution in [0.2, 0.25) is 0 Å². The molecule has 2 rings (SSSR count).